The highest BCUT2D eigenvalue weighted by atomic mass is 16.5. The summed E-state index contributed by atoms with van der Waals surface area (Å²) in [6, 6.07) is 8.19. The van der Waals surface area contributed by atoms with Gasteiger partial charge in [0.15, 0.2) is 0 Å². The van der Waals surface area contributed by atoms with Crippen LogP contribution in [0.5, 0.6) is 23.0 Å². The average molecular weight is 687 g/mol. The summed E-state index contributed by atoms with van der Waals surface area (Å²) in [7, 11) is 0. The van der Waals surface area contributed by atoms with Crippen molar-refractivity contribution in [1.29, 1.82) is 0 Å². The lowest BCUT2D eigenvalue weighted by atomic mass is 9.66. The van der Waals surface area contributed by atoms with Gasteiger partial charge in [-0.3, -0.25) is 4.79 Å². The van der Waals surface area contributed by atoms with Gasteiger partial charge in [0.05, 0.1) is 0 Å². The molecule has 4 aliphatic rings. The third kappa shape index (κ3) is 8.23. The van der Waals surface area contributed by atoms with Crippen LogP contribution in [0.25, 0.3) is 0 Å². The molecule has 2 aliphatic heterocycles. The summed E-state index contributed by atoms with van der Waals surface area (Å²) >= 11 is 0. The fourth-order valence-electron chi connectivity index (χ4n) is 9.40. The van der Waals surface area contributed by atoms with Gasteiger partial charge in [0.1, 0.15) is 40.0 Å². The van der Waals surface area contributed by atoms with Crippen molar-refractivity contribution in [2.75, 3.05) is 0 Å². The first-order valence-corrected chi connectivity index (χ1v) is 19.9. The van der Waals surface area contributed by atoms with Crippen LogP contribution in [-0.4, -0.2) is 27.2 Å². The highest BCUT2D eigenvalue weighted by Gasteiger charge is 2.48. The number of fused-ring (bicyclic) bond motifs is 6. The maximum absolute atomic E-state index is 12.1. The van der Waals surface area contributed by atoms with Gasteiger partial charge in [0.25, 0.3) is 0 Å². The number of phenolic OH excluding ortho intramolecular Hbond substituents is 2. The van der Waals surface area contributed by atoms with Crippen LogP contribution in [0.3, 0.4) is 0 Å². The number of hydrogen-bond acceptors (Lipinski definition) is 5. The van der Waals surface area contributed by atoms with E-state index in [2.05, 4.69) is 80.5 Å². The molecule has 2 aromatic rings. The molecule has 2 aromatic carbocycles. The van der Waals surface area contributed by atoms with E-state index in [1.165, 1.54) is 56.1 Å². The molecule has 0 bridgehead atoms. The third-order valence-electron chi connectivity index (χ3n) is 12.5. The second-order valence-electron chi connectivity index (χ2n) is 17.7. The van der Waals surface area contributed by atoms with Crippen LogP contribution in [0.1, 0.15) is 180 Å². The fourth-order valence-corrected chi connectivity index (χ4v) is 9.40. The standard InChI is InChI=1S/C24H36O3.C21H30O2/c1-6-7-8-9-12-23(2,3)16-13-20(26)22-18-15-17(25)10-11-19(18)24(4,5)27-21(22)14-16;1-5-6-7-8-15-12-18(22)20-16-11-14(2)9-10-17(16)21(3,4)23-19(20)13-15/h13-14,18-19,26H,6-12,15H2,1-5H3;11-13,16-17,22H,5-10H2,1-4H3. The molecule has 4 unspecified atom stereocenters. The second kappa shape index (κ2) is 15.3. The van der Waals surface area contributed by atoms with Gasteiger partial charge in [-0.2, -0.15) is 0 Å². The SMILES string of the molecule is CCCCCCC(C)(C)c1cc(O)c2c(c1)OC(C)(C)C1CCC(=O)CC21.CCCCCc1cc(O)c2c(c1)OC(C)(C)C1CCC(C)=CC21. The molecule has 0 aromatic heterocycles. The Kier molecular flexibility index (Phi) is 11.7. The van der Waals surface area contributed by atoms with Crippen LogP contribution in [0.4, 0.5) is 0 Å². The maximum Gasteiger partial charge on any atom is 0.133 e. The van der Waals surface area contributed by atoms with Gasteiger partial charge in [-0.25, -0.2) is 0 Å². The average Bonchev–Trinajstić information content (AvgIpc) is 3.02. The molecule has 2 heterocycles. The molecule has 2 N–H and O–H groups in total. The van der Waals surface area contributed by atoms with E-state index in [1.807, 2.05) is 12.1 Å². The summed E-state index contributed by atoms with van der Waals surface area (Å²) in [4.78, 5) is 12.1. The maximum atomic E-state index is 12.1. The summed E-state index contributed by atoms with van der Waals surface area (Å²) in [5.74, 6) is 3.80. The summed E-state index contributed by atoms with van der Waals surface area (Å²) in [5, 5.41) is 21.6. The summed E-state index contributed by atoms with van der Waals surface area (Å²) in [6.45, 7) is 19.8. The number of ether oxygens (including phenoxy) is 2. The van der Waals surface area contributed by atoms with E-state index in [1.54, 1.807) is 0 Å². The molecule has 1 fully saturated rings. The van der Waals surface area contributed by atoms with E-state index in [-0.39, 0.29) is 34.4 Å². The lowest BCUT2D eigenvalue weighted by Gasteiger charge is -2.47. The molecule has 1 saturated carbocycles. The molecule has 0 radical (unpaired) electrons. The van der Waals surface area contributed by atoms with Gasteiger partial charge < -0.3 is 19.7 Å². The number of carbonyl (C=O) groups excluding carboxylic acids is 1. The van der Waals surface area contributed by atoms with E-state index in [9.17, 15) is 15.0 Å². The number of rotatable bonds is 10. The number of ketones is 1. The van der Waals surface area contributed by atoms with Crippen LogP contribution in [0, 0.1) is 11.8 Å². The van der Waals surface area contributed by atoms with E-state index in [4.69, 9.17) is 9.47 Å². The summed E-state index contributed by atoms with van der Waals surface area (Å²) in [5.41, 5.74) is 5.13. The quantitative estimate of drug-likeness (QED) is 0.192. The van der Waals surface area contributed by atoms with E-state index in [0.717, 1.165) is 60.3 Å². The Bertz CT molecular complexity index is 1540. The minimum atomic E-state index is -0.311. The zero-order chi connectivity index (χ0) is 36.4. The minimum absolute atomic E-state index is 0.00696. The number of unbranched alkanes of at least 4 members (excludes halogenated alkanes) is 5. The Hall–Kier alpha value is -2.95. The van der Waals surface area contributed by atoms with Crippen LogP contribution < -0.4 is 9.47 Å². The first-order chi connectivity index (χ1) is 23.6. The number of allylic oxidation sites excluding steroid dienone is 2. The van der Waals surface area contributed by atoms with Gasteiger partial charge >= 0.3 is 0 Å². The molecule has 4 atom stereocenters. The minimum Gasteiger partial charge on any atom is -0.508 e. The monoisotopic (exact) mass is 686 g/mol. The van der Waals surface area contributed by atoms with Crippen LogP contribution in [-0.2, 0) is 16.6 Å². The predicted molar refractivity (Wildman–Crippen MR) is 205 cm³/mol. The number of Topliss-reactive ketones (excluding diaryl/α,β-unsaturated/α-hetero) is 1. The number of carbonyl (C=O) groups is 1. The van der Waals surface area contributed by atoms with Gasteiger partial charge in [-0.15, -0.1) is 0 Å². The molecule has 5 nitrogen and oxygen atoms in total. The molecule has 5 heteroatoms. The molecule has 0 amide bonds. The van der Waals surface area contributed by atoms with E-state index < -0.39 is 0 Å². The highest BCUT2D eigenvalue weighted by molar-refractivity contribution is 5.81. The molecule has 2 aliphatic carbocycles. The Morgan fingerprint density at radius 1 is 0.780 bits per heavy atom. The fraction of sp³-hybridized carbons (Fsp3) is 0.667. The highest BCUT2D eigenvalue weighted by Crippen LogP contribution is 2.55. The first kappa shape index (κ1) is 38.3. The van der Waals surface area contributed by atoms with E-state index in [0.29, 0.717) is 36.0 Å². The number of hydrogen-bond donors (Lipinski definition) is 2. The molecular formula is C45H66O5. The zero-order valence-corrected chi connectivity index (χ0v) is 32.7. The lowest BCUT2D eigenvalue weighted by Crippen LogP contribution is -2.47. The smallest absolute Gasteiger partial charge is 0.133 e. The Morgan fingerprint density at radius 3 is 2.10 bits per heavy atom. The largest absolute Gasteiger partial charge is 0.508 e. The van der Waals surface area contributed by atoms with Crippen molar-refractivity contribution in [3.63, 3.8) is 0 Å². The van der Waals surface area contributed by atoms with E-state index >= 15 is 0 Å². The predicted octanol–water partition coefficient (Wildman–Crippen LogP) is 12.0. The van der Waals surface area contributed by atoms with Crippen LogP contribution >= 0.6 is 0 Å². The van der Waals surface area contributed by atoms with Crippen molar-refractivity contribution in [1.82, 2.24) is 0 Å². The molecule has 50 heavy (non-hydrogen) atoms. The molecule has 6 rings (SSSR count). The van der Waals surface area contributed by atoms with Crippen molar-refractivity contribution in [3.05, 3.63) is 58.2 Å². The second-order valence-corrected chi connectivity index (χ2v) is 17.7. The summed E-state index contributed by atoms with van der Waals surface area (Å²) < 4.78 is 12.8. The summed E-state index contributed by atoms with van der Waals surface area (Å²) in [6.07, 6.45) is 17.3. The normalized spacial score (nSPS) is 24.6. The number of aromatic hydroxyl groups is 2. The van der Waals surface area contributed by atoms with Gasteiger partial charge in [0, 0.05) is 47.6 Å². The Morgan fingerprint density at radius 2 is 1.40 bits per heavy atom. The topological polar surface area (TPSA) is 76.0 Å². The van der Waals surface area contributed by atoms with Gasteiger partial charge in [-0.1, -0.05) is 77.9 Å². The van der Waals surface area contributed by atoms with Crippen molar-refractivity contribution in [3.8, 4) is 23.0 Å². The number of benzene rings is 2. The number of aryl methyl sites for hydroxylation is 1. The third-order valence-corrected chi connectivity index (χ3v) is 12.5. The van der Waals surface area contributed by atoms with Gasteiger partial charge in [-0.05, 0) is 114 Å². The van der Waals surface area contributed by atoms with Crippen molar-refractivity contribution < 1.29 is 24.5 Å². The molecule has 0 spiro atoms. The Labute approximate surface area is 303 Å². The van der Waals surface area contributed by atoms with Crippen molar-refractivity contribution in [2.24, 2.45) is 11.8 Å². The molecule has 276 valence electrons. The zero-order valence-electron chi connectivity index (χ0n) is 32.7. The number of phenols is 2. The van der Waals surface area contributed by atoms with Crippen LogP contribution in [0.15, 0.2) is 35.9 Å². The van der Waals surface area contributed by atoms with Gasteiger partial charge in [0.2, 0.25) is 0 Å². The first-order valence-electron chi connectivity index (χ1n) is 19.9. The van der Waals surface area contributed by atoms with Crippen molar-refractivity contribution >= 4 is 5.78 Å². The Balaban J connectivity index is 0.000000197. The van der Waals surface area contributed by atoms with Crippen LogP contribution in [0.2, 0.25) is 0 Å². The lowest BCUT2D eigenvalue weighted by molar-refractivity contribution is -0.124. The molecular weight excluding hydrogens is 620 g/mol. The van der Waals surface area contributed by atoms with Crippen molar-refractivity contribution in [2.45, 2.75) is 181 Å². The molecule has 0 saturated heterocycles.